The largest absolute Gasteiger partial charge is 0.460 e. The van der Waals surface area contributed by atoms with Crippen molar-refractivity contribution in [2.45, 2.75) is 51.6 Å². The summed E-state index contributed by atoms with van der Waals surface area (Å²) in [7, 11) is 1.56. The summed E-state index contributed by atoms with van der Waals surface area (Å²) in [5.74, 6) is 0.287. The van der Waals surface area contributed by atoms with Gasteiger partial charge in [-0.1, -0.05) is 12.2 Å². The van der Waals surface area contributed by atoms with Crippen LogP contribution in [0.25, 0.3) is 0 Å². The SMILES string of the molecule is CC=C=C(OCOC)C1(OC(C)=O)CCCCC1. The first-order valence-electron chi connectivity index (χ1n) is 6.38. The van der Waals surface area contributed by atoms with Crippen LogP contribution >= 0.6 is 0 Å². The Labute approximate surface area is 109 Å². The lowest BCUT2D eigenvalue weighted by molar-refractivity contribution is -0.163. The van der Waals surface area contributed by atoms with Gasteiger partial charge in [0.25, 0.3) is 0 Å². The van der Waals surface area contributed by atoms with E-state index in [0.717, 1.165) is 32.1 Å². The fraction of sp³-hybridized carbons (Fsp3) is 0.714. The molecular weight excluding hydrogens is 232 g/mol. The van der Waals surface area contributed by atoms with Gasteiger partial charge in [-0.15, -0.1) is 0 Å². The summed E-state index contributed by atoms with van der Waals surface area (Å²) in [5.41, 5.74) is 2.39. The van der Waals surface area contributed by atoms with Gasteiger partial charge in [-0.05, 0) is 38.7 Å². The molecule has 18 heavy (non-hydrogen) atoms. The molecule has 0 aliphatic heterocycles. The molecule has 102 valence electrons. The van der Waals surface area contributed by atoms with E-state index in [0.29, 0.717) is 5.76 Å². The van der Waals surface area contributed by atoms with Gasteiger partial charge in [0.15, 0.2) is 18.2 Å². The van der Waals surface area contributed by atoms with Crippen molar-refractivity contribution >= 4 is 5.97 Å². The molecule has 4 heteroatoms. The number of esters is 1. The van der Waals surface area contributed by atoms with Gasteiger partial charge in [-0.25, -0.2) is 0 Å². The molecule has 1 rings (SSSR count). The monoisotopic (exact) mass is 254 g/mol. The van der Waals surface area contributed by atoms with E-state index in [1.165, 1.54) is 6.92 Å². The second kappa shape index (κ2) is 7.24. The smallest absolute Gasteiger partial charge is 0.303 e. The molecule has 0 atom stereocenters. The molecule has 1 saturated carbocycles. The van der Waals surface area contributed by atoms with Crippen molar-refractivity contribution < 1.29 is 19.0 Å². The third-order valence-corrected chi connectivity index (χ3v) is 3.01. The summed E-state index contributed by atoms with van der Waals surface area (Å²) in [5, 5.41) is 0. The molecule has 0 aromatic carbocycles. The second-order valence-electron chi connectivity index (χ2n) is 4.46. The predicted octanol–water partition coefficient (Wildman–Crippen LogP) is 2.93. The Bertz CT molecular complexity index is 334. The highest BCUT2D eigenvalue weighted by molar-refractivity contribution is 5.67. The molecule has 0 spiro atoms. The van der Waals surface area contributed by atoms with Gasteiger partial charge in [0.05, 0.1) is 0 Å². The zero-order valence-corrected chi connectivity index (χ0v) is 11.5. The molecule has 1 aliphatic carbocycles. The van der Waals surface area contributed by atoms with Gasteiger partial charge in [0.2, 0.25) is 0 Å². The third-order valence-electron chi connectivity index (χ3n) is 3.01. The first-order chi connectivity index (χ1) is 8.64. The van der Waals surface area contributed by atoms with Crippen molar-refractivity contribution in [2.75, 3.05) is 13.9 Å². The van der Waals surface area contributed by atoms with E-state index in [2.05, 4.69) is 5.73 Å². The molecule has 0 aromatic heterocycles. The molecule has 0 unspecified atom stereocenters. The summed E-state index contributed by atoms with van der Waals surface area (Å²) in [6.45, 7) is 3.43. The molecule has 0 bridgehead atoms. The standard InChI is InChI=1S/C14H22O4/c1-4-8-13(17-11-16-3)14(18-12(2)15)9-6-5-7-10-14/h4H,5-7,9-11H2,1-3H3. The zero-order chi connectivity index (χ0) is 13.4. The van der Waals surface area contributed by atoms with Gasteiger partial charge in [-0.2, -0.15) is 0 Å². The average Bonchev–Trinajstić information content (AvgIpc) is 2.34. The molecule has 1 aliphatic rings. The van der Waals surface area contributed by atoms with E-state index >= 15 is 0 Å². The minimum absolute atomic E-state index is 0.138. The minimum atomic E-state index is -0.658. The van der Waals surface area contributed by atoms with Crippen molar-refractivity contribution in [3.63, 3.8) is 0 Å². The lowest BCUT2D eigenvalue weighted by Crippen LogP contribution is -2.39. The molecule has 0 saturated heterocycles. The summed E-state index contributed by atoms with van der Waals surface area (Å²) < 4.78 is 16.0. The number of methoxy groups -OCH3 is 1. The zero-order valence-electron chi connectivity index (χ0n) is 11.5. The van der Waals surface area contributed by atoms with Crippen LogP contribution in [-0.4, -0.2) is 25.5 Å². The Morgan fingerprint density at radius 2 is 2.00 bits per heavy atom. The Morgan fingerprint density at radius 3 is 2.50 bits per heavy atom. The first kappa shape index (κ1) is 14.8. The van der Waals surface area contributed by atoms with Gasteiger partial charge in [0, 0.05) is 14.0 Å². The Hall–Kier alpha value is -1.25. The van der Waals surface area contributed by atoms with E-state index in [1.807, 2.05) is 6.92 Å². The number of hydrogen-bond acceptors (Lipinski definition) is 4. The number of ether oxygens (including phenoxy) is 3. The van der Waals surface area contributed by atoms with Crippen LogP contribution in [0.2, 0.25) is 0 Å². The summed E-state index contributed by atoms with van der Waals surface area (Å²) in [6, 6.07) is 0. The highest BCUT2D eigenvalue weighted by Gasteiger charge is 2.41. The van der Waals surface area contributed by atoms with Crippen LogP contribution in [0.4, 0.5) is 0 Å². The van der Waals surface area contributed by atoms with Crippen LogP contribution in [0.5, 0.6) is 0 Å². The molecule has 0 aromatic rings. The second-order valence-corrected chi connectivity index (χ2v) is 4.46. The van der Waals surface area contributed by atoms with Crippen LogP contribution in [0, 0.1) is 0 Å². The van der Waals surface area contributed by atoms with Crippen molar-refractivity contribution in [1.82, 2.24) is 0 Å². The van der Waals surface area contributed by atoms with Crippen molar-refractivity contribution in [2.24, 2.45) is 0 Å². The molecule has 4 nitrogen and oxygen atoms in total. The highest BCUT2D eigenvalue weighted by Crippen LogP contribution is 2.38. The van der Waals surface area contributed by atoms with Crippen molar-refractivity contribution in [3.8, 4) is 0 Å². The number of carbonyl (C=O) groups is 1. The molecule has 0 amide bonds. The Balaban J connectivity index is 2.97. The van der Waals surface area contributed by atoms with E-state index in [9.17, 15) is 4.79 Å². The van der Waals surface area contributed by atoms with Crippen LogP contribution < -0.4 is 0 Å². The number of rotatable bonds is 5. The minimum Gasteiger partial charge on any atom is -0.460 e. The van der Waals surface area contributed by atoms with Gasteiger partial charge < -0.3 is 14.2 Å². The van der Waals surface area contributed by atoms with Crippen LogP contribution in [-0.2, 0) is 19.0 Å². The summed E-state index contributed by atoms with van der Waals surface area (Å²) in [6.07, 6.45) is 6.55. The quantitative estimate of drug-likeness (QED) is 0.327. The fourth-order valence-corrected chi connectivity index (χ4v) is 2.33. The van der Waals surface area contributed by atoms with E-state index in [1.54, 1.807) is 13.2 Å². The summed E-state index contributed by atoms with van der Waals surface area (Å²) >= 11 is 0. The third kappa shape index (κ3) is 3.90. The van der Waals surface area contributed by atoms with Gasteiger partial charge >= 0.3 is 5.97 Å². The lowest BCUT2D eigenvalue weighted by Gasteiger charge is -2.36. The van der Waals surface area contributed by atoms with Crippen LogP contribution in [0.3, 0.4) is 0 Å². The predicted molar refractivity (Wildman–Crippen MR) is 67.8 cm³/mol. The number of hydrogen-bond donors (Lipinski definition) is 0. The van der Waals surface area contributed by atoms with Gasteiger partial charge in [-0.3, -0.25) is 4.79 Å². The van der Waals surface area contributed by atoms with Crippen LogP contribution in [0.15, 0.2) is 17.6 Å². The number of carbonyl (C=O) groups excluding carboxylic acids is 1. The van der Waals surface area contributed by atoms with E-state index in [4.69, 9.17) is 14.2 Å². The topological polar surface area (TPSA) is 44.8 Å². The fourth-order valence-electron chi connectivity index (χ4n) is 2.33. The highest BCUT2D eigenvalue weighted by atomic mass is 16.7. The van der Waals surface area contributed by atoms with Crippen LogP contribution in [0.1, 0.15) is 46.0 Å². The van der Waals surface area contributed by atoms with Crippen molar-refractivity contribution in [1.29, 1.82) is 0 Å². The maximum atomic E-state index is 11.3. The Kier molecular flexibility index (Phi) is 5.96. The average molecular weight is 254 g/mol. The maximum Gasteiger partial charge on any atom is 0.303 e. The van der Waals surface area contributed by atoms with E-state index < -0.39 is 5.60 Å². The maximum absolute atomic E-state index is 11.3. The van der Waals surface area contributed by atoms with E-state index in [-0.39, 0.29) is 12.8 Å². The first-order valence-corrected chi connectivity index (χ1v) is 6.38. The molecule has 0 N–H and O–H groups in total. The van der Waals surface area contributed by atoms with Crippen molar-refractivity contribution in [3.05, 3.63) is 17.6 Å². The summed E-state index contributed by atoms with van der Waals surface area (Å²) in [4.78, 5) is 11.3. The molecule has 0 heterocycles. The normalized spacial score (nSPS) is 17.5. The Morgan fingerprint density at radius 1 is 1.33 bits per heavy atom. The lowest BCUT2D eigenvalue weighted by atomic mass is 9.83. The van der Waals surface area contributed by atoms with Gasteiger partial charge in [0.1, 0.15) is 0 Å². The molecule has 1 fully saturated rings. The molecule has 0 radical (unpaired) electrons. The molecular formula is C14H22O4.